The van der Waals surface area contributed by atoms with Gasteiger partial charge in [-0.15, -0.1) is 0 Å². The Kier molecular flexibility index (Phi) is 9.60. The third kappa shape index (κ3) is 7.49. The van der Waals surface area contributed by atoms with Gasteiger partial charge in [-0.25, -0.2) is 9.18 Å². The maximum atomic E-state index is 15.1. The van der Waals surface area contributed by atoms with Crippen LogP contribution >= 0.6 is 11.6 Å². The molecule has 0 aliphatic heterocycles. The van der Waals surface area contributed by atoms with E-state index in [2.05, 4.69) is 41.0 Å². The molecule has 0 bridgehead atoms. The Hall–Kier alpha value is -3.69. The highest BCUT2D eigenvalue weighted by Crippen LogP contribution is 2.31. The van der Waals surface area contributed by atoms with Crippen LogP contribution in [0.15, 0.2) is 58.4 Å². The van der Waals surface area contributed by atoms with E-state index < -0.39 is 11.5 Å². The molecule has 0 aliphatic carbocycles. The van der Waals surface area contributed by atoms with Crippen LogP contribution in [-0.4, -0.2) is 33.1 Å². The first-order valence-electron chi connectivity index (χ1n) is 13.6. The molecule has 0 saturated heterocycles. The number of aliphatic imine (C=N–C) groups is 1. The molecular formula is C30H37ClFN7O. The van der Waals surface area contributed by atoms with Crippen LogP contribution in [0.4, 0.5) is 4.39 Å². The number of rotatable bonds is 12. The molecule has 10 heteroatoms. The summed E-state index contributed by atoms with van der Waals surface area (Å²) in [5, 5.41) is 4.21. The van der Waals surface area contributed by atoms with Crippen LogP contribution in [0.25, 0.3) is 28.0 Å². The van der Waals surface area contributed by atoms with Crippen molar-refractivity contribution in [1.82, 2.24) is 19.9 Å². The number of nitrogens with two attached hydrogens (primary N) is 2. The van der Waals surface area contributed by atoms with Gasteiger partial charge in [-0.05, 0) is 73.6 Å². The molecule has 8 nitrogen and oxygen atoms in total. The van der Waals surface area contributed by atoms with Crippen molar-refractivity contribution >= 4 is 28.6 Å². The number of halogens is 2. The Morgan fingerprint density at radius 1 is 1.12 bits per heavy atom. The molecule has 4 rings (SSSR count). The van der Waals surface area contributed by atoms with E-state index in [4.69, 9.17) is 23.1 Å². The Balaban J connectivity index is 1.52. The Labute approximate surface area is 238 Å². The molecule has 0 radical (unpaired) electrons. The fraction of sp³-hybridized carbons (Fsp3) is 0.367. The molecule has 2 heterocycles. The molecule has 212 valence electrons. The van der Waals surface area contributed by atoms with Crippen molar-refractivity contribution in [3.8, 4) is 16.9 Å². The highest BCUT2D eigenvalue weighted by molar-refractivity contribution is 6.31. The van der Waals surface area contributed by atoms with Crippen molar-refractivity contribution in [1.29, 1.82) is 0 Å². The average molecular weight is 566 g/mol. The number of fused-ring (bicyclic) bond motifs is 1. The van der Waals surface area contributed by atoms with E-state index in [1.54, 1.807) is 18.3 Å². The van der Waals surface area contributed by atoms with Gasteiger partial charge in [-0.1, -0.05) is 44.0 Å². The highest BCUT2D eigenvalue weighted by Gasteiger charge is 2.15. The number of nitrogens with one attached hydrogen (secondary N) is 2. The van der Waals surface area contributed by atoms with Gasteiger partial charge in [0, 0.05) is 36.3 Å². The Bertz CT molecular complexity index is 1540. The third-order valence-corrected chi connectivity index (χ3v) is 7.13. The first kappa shape index (κ1) is 29.3. The van der Waals surface area contributed by atoms with Gasteiger partial charge in [0.05, 0.1) is 16.4 Å². The predicted octanol–water partition coefficient (Wildman–Crippen LogP) is 5.29. The first-order chi connectivity index (χ1) is 19.1. The van der Waals surface area contributed by atoms with Crippen molar-refractivity contribution < 1.29 is 4.39 Å². The second-order valence-electron chi connectivity index (χ2n) is 10.6. The summed E-state index contributed by atoms with van der Waals surface area (Å²) in [4.78, 5) is 24.2. The molecule has 0 spiro atoms. The van der Waals surface area contributed by atoms with Gasteiger partial charge >= 0.3 is 5.69 Å². The van der Waals surface area contributed by atoms with Crippen LogP contribution in [-0.2, 0) is 13.0 Å². The van der Waals surface area contributed by atoms with Gasteiger partial charge < -0.3 is 21.8 Å². The summed E-state index contributed by atoms with van der Waals surface area (Å²) < 4.78 is 16.5. The summed E-state index contributed by atoms with van der Waals surface area (Å²) in [7, 11) is 0. The molecule has 0 unspecified atom stereocenters. The molecule has 4 aromatic rings. The maximum Gasteiger partial charge on any atom is 0.354 e. The minimum Gasteiger partial charge on any atom is -0.370 e. The summed E-state index contributed by atoms with van der Waals surface area (Å²) >= 11 is 6.25. The van der Waals surface area contributed by atoms with Crippen LogP contribution in [0.5, 0.6) is 0 Å². The molecule has 0 fully saturated rings. The lowest BCUT2D eigenvalue weighted by Crippen LogP contribution is -2.27. The van der Waals surface area contributed by atoms with Crippen LogP contribution < -0.4 is 22.5 Å². The summed E-state index contributed by atoms with van der Waals surface area (Å²) in [5.41, 5.74) is 14.3. The fourth-order valence-electron chi connectivity index (χ4n) is 4.58. The smallest absolute Gasteiger partial charge is 0.354 e. The first-order valence-corrected chi connectivity index (χ1v) is 14.0. The van der Waals surface area contributed by atoms with E-state index in [9.17, 15) is 4.79 Å². The van der Waals surface area contributed by atoms with Gasteiger partial charge in [0.25, 0.3) is 0 Å². The summed E-state index contributed by atoms with van der Waals surface area (Å²) in [6, 6.07) is 13.2. The summed E-state index contributed by atoms with van der Waals surface area (Å²) in [6.45, 7) is 7.68. The average Bonchev–Trinajstić information content (AvgIpc) is 3.31. The Morgan fingerprint density at radius 2 is 1.88 bits per heavy atom. The van der Waals surface area contributed by atoms with E-state index in [1.807, 2.05) is 30.3 Å². The lowest BCUT2D eigenvalue weighted by atomic mass is 10.00. The van der Waals surface area contributed by atoms with Gasteiger partial charge in [0.2, 0.25) is 0 Å². The van der Waals surface area contributed by atoms with E-state index in [1.165, 1.54) is 4.57 Å². The number of guanidine groups is 1. The number of nitrogens with zero attached hydrogens (tertiary/aromatic N) is 3. The number of H-pyrrole nitrogens is 1. The number of aryl methyl sites for hydroxylation is 1. The summed E-state index contributed by atoms with van der Waals surface area (Å²) in [5.74, 6) is 0.207. The molecule has 0 aliphatic rings. The van der Waals surface area contributed by atoms with Crippen molar-refractivity contribution in [2.45, 2.75) is 59.0 Å². The second kappa shape index (κ2) is 13.1. The third-order valence-electron chi connectivity index (χ3n) is 6.86. The standard InChI is InChI=1S/C30H37ClFN7O/c1-18(2)5-4-6-21-13-24(27(32)25(31)14-21)26-15-22-17-39(30(40)38-28(22)37-26)23-9-7-20(8-10-23)16-36-19(3)11-12-35-29(33)34/h7-10,13-15,17-19,36H,4-6,11-12,16H2,1-3H3,(H4,33,34,35)(H,37,38,40)/t19-/m1/s1. The van der Waals surface area contributed by atoms with Gasteiger partial charge in [-0.3, -0.25) is 9.56 Å². The van der Waals surface area contributed by atoms with Crippen molar-refractivity contribution in [2.75, 3.05) is 6.54 Å². The molecule has 40 heavy (non-hydrogen) atoms. The van der Waals surface area contributed by atoms with E-state index >= 15 is 4.39 Å². The number of aromatic nitrogens is 3. The Morgan fingerprint density at radius 3 is 2.58 bits per heavy atom. The summed E-state index contributed by atoms with van der Waals surface area (Å²) in [6.07, 6.45) is 5.44. The normalized spacial score (nSPS) is 12.2. The molecule has 2 aromatic carbocycles. The van der Waals surface area contributed by atoms with Crippen LogP contribution in [0, 0.1) is 11.7 Å². The van der Waals surface area contributed by atoms with E-state index in [0.29, 0.717) is 47.0 Å². The maximum absolute atomic E-state index is 15.1. The van der Waals surface area contributed by atoms with Crippen molar-refractivity contribution in [3.05, 3.63) is 81.1 Å². The number of aromatic amines is 1. The van der Waals surface area contributed by atoms with Crippen molar-refractivity contribution in [2.24, 2.45) is 22.4 Å². The zero-order valence-corrected chi connectivity index (χ0v) is 23.9. The SMILES string of the molecule is CC(C)CCCc1cc(Cl)c(F)c(-c2cc3cn(-c4ccc(CN[C@H](C)CCN=C(N)N)cc4)c(=O)nc3[nH]2)c1. The van der Waals surface area contributed by atoms with Crippen LogP contribution in [0.1, 0.15) is 51.2 Å². The fourth-order valence-corrected chi connectivity index (χ4v) is 4.82. The quantitative estimate of drug-likeness (QED) is 0.137. The van der Waals surface area contributed by atoms with E-state index in [-0.39, 0.29) is 17.0 Å². The molecule has 6 N–H and O–H groups in total. The topological polar surface area (TPSA) is 127 Å². The highest BCUT2D eigenvalue weighted by atomic mass is 35.5. The van der Waals surface area contributed by atoms with Gasteiger partial charge in [-0.2, -0.15) is 4.98 Å². The van der Waals surface area contributed by atoms with Gasteiger partial charge in [0.1, 0.15) is 5.65 Å². The second-order valence-corrected chi connectivity index (χ2v) is 11.1. The molecule has 2 aromatic heterocycles. The lowest BCUT2D eigenvalue weighted by Gasteiger charge is -2.13. The number of hydrogen-bond acceptors (Lipinski definition) is 4. The zero-order chi connectivity index (χ0) is 28.8. The largest absolute Gasteiger partial charge is 0.370 e. The monoisotopic (exact) mass is 565 g/mol. The lowest BCUT2D eigenvalue weighted by molar-refractivity contribution is 0.520. The molecular weight excluding hydrogens is 529 g/mol. The minimum absolute atomic E-state index is 0.0842. The molecule has 0 saturated carbocycles. The minimum atomic E-state index is -0.495. The van der Waals surface area contributed by atoms with Gasteiger partial charge in [0.15, 0.2) is 11.8 Å². The molecule has 0 amide bonds. The number of hydrogen-bond donors (Lipinski definition) is 4. The predicted molar refractivity (Wildman–Crippen MR) is 161 cm³/mol. The number of benzene rings is 2. The molecule has 1 atom stereocenters. The van der Waals surface area contributed by atoms with Crippen LogP contribution in [0.2, 0.25) is 5.02 Å². The van der Waals surface area contributed by atoms with E-state index in [0.717, 1.165) is 36.8 Å². The zero-order valence-electron chi connectivity index (χ0n) is 23.2. The van der Waals surface area contributed by atoms with Crippen molar-refractivity contribution in [3.63, 3.8) is 0 Å². The van der Waals surface area contributed by atoms with Crippen LogP contribution in [0.3, 0.4) is 0 Å².